The van der Waals surface area contributed by atoms with Crippen molar-refractivity contribution in [3.63, 3.8) is 0 Å². The Bertz CT molecular complexity index is 787. The molecule has 2 aromatic carbocycles. The summed E-state index contributed by atoms with van der Waals surface area (Å²) >= 11 is 0. The average Bonchev–Trinajstić information content (AvgIpc) is 2.63. The number of aryl methyl sites for hydroxylation is 2. The van der Waals surface area contributed by atoms with Gasteiger partial charge in [-0.3, -0.25) is 9.59 Å². The minimum atomic E-state index is -0.209. The summed E-state index contributed by atoms with van der Waals surface area (Å²) in [5.74, 6) is 0.331. The number of methoxy groups -OCH3 is 1. The van der Waals surface area contributed by atoms with Crippen LogP contribution in [0.15, 0.2) is 42.5 Å². The number of hydrogen-bond donors (Lipinski definition) is 1. The number of carbonyl (C=O) groups excluding carboxylic acids is 2. The first-order chi connectivity index (χ1) is 12.5. The van der Waals surface area contributed by atoms with E-state index in [0.717, 1.165) is 28.8 Å². The SMILES string of the molecule is CCc1cccc(C)c1NC(=O)CN(Cc1ccccc1OC)C(C)=O. The summed E-state index contributed by atoms with van der Waals surface area (Å²) in [6.45, 7) is 5.79. The standard InChI is InChI=1S/C21H26N2O3/c1-5-17-11-8-9-15(2)21(17)22-20(25)14-23(16(3)24)13-18-10-6-7-12-19(18)26-4/h6-12H,5,13-14H2,1-4H3,(H,22,25). The first-order valence-electron chi connectivity index (χ1n) is 8.72. The molecule has 0 spiro atoms. The Kier molecular flexibility index (Phi) is 6.78. The van der Waals surface area contributed by atoms with Gasteiger partial charge in [-0.15, -0.1) is 0 Å². The van der Waals surface area contributed by atoms with Crippen LogP contribution >= 0.6 is 0 Å². The maximum atomic E-state index is 12.6. The lowest BCUT2D eigenvalue weighted by atomic mass is 10.1. The van der Waals surface area contributed by atoms with Gasteiger partial charge in [0.2, 0.25) is 11.8 Å². The van der Waals surface area contributed by atoms with E-state index < -0.39 is 0 Å². The molecule has 0 heterocycles. The first-order valence-corrected chi connectivity index (χ1v) is 8.72. The van der Waals surface area contributed by atoms with Gasteiger partial charge in [-0.2, -0.15) is 0 Å². The summed E-state index contributed by atoms with van der Waals surface area (Å²) < 4.78 is 5.33. The molecular formula is C21H26N2O3. The van der Waals surface area contributed by atoms with Gasteiger partial charge in [0, 0.05) is 24.7 Å². The van der Waals surface area contributed by atoms with Crippen molar-refractivity contribution in [2.75, 3.05) is 19.0 Å². The number of rotatable bonds is 7. The topological polar surface area (TPSA) is 58.6 Å². The van der Waals surface area contributed by atoms with Crippen LogP contribution in [-0.2, 0) is 22.6 Å². The predicted molar refractivity (Wildman–Crippen MR) is 103 cm³/mol. The zero-order valence-electron chi connectivity index (χ0n) is 15.8. The Labute approximate surface area is 155 Å². The van der Waals surface area contributed by atoms with Crippen molar-refractivity contribution < 1.29 is 14.3 Å². The largest absolute Gasteiger partial charge is 0.496 e. The van der Waals surface area contributed by atoms with Crippen LogP contribution in [0.2, 0.25) is 0 Å². The van der Waals surface area contributed by atoms with Crippen LogP contribution in [-0.4, -0.2) is 30.4 Å². The molecule has 138 valence electrons. The fourth-order valence-corrected chi connectivity index (χ4v) is 2.87. The third-order valence-corrected chi connectivity index (χ3v) is 4.34. The summed E-state index contributed by atoms with van der Waals surface area (Å²) in [4.78, 5) is 26.1. The van der Waals surface area contributed by atoms with Crippen LogP contribution in [0, 0.1) is 6.92 Å². The molecule has 2 rings (SSSR count). The Morgan fingerprint density at radius 3 is 2.42 bits per heavy atom. The van der Waals surface area contributed by atoms with Crippen molar-refractivity contribution in [3.05, 3.63) is 59.2 Å². The molecule has 0 radical (unpaired) electrons. The lowest BCUT2D eigenvalue weighted by molar-refractivity contribution is -0.133. The van der Waals surface area contributed by atoms with Crippen LogP contribution in [0.5, 0.6) is 5.75 Å². The van der Waals surface area contributed by atoms with Gasteiger partial charge >= 0.3 is 0 Å². The third-order valence-electron chi connectivity index (χ3n) is 4.34. The van der Waals surface area contributed by atoms with E-state index in [0.29, 0.717) is 12.3 Å². The molecule has 0 unspecified atom stereocenters. The Morgan fingerprint density at radius 2 is 1.77 bits per heavy atom. The monoisotopic (exact) mass is 354 g/mol. The number of nitrogens with zero attached hydrogens (tertiary/aromatic N) is 1. The maximum Gasteiger partial charge on any atom is 0.244 e. The van der Waals surface area contributed by atoms with E-state index in [1.807, 2.05) is 56.3 Å². The van der Waals surface area contributed by atoms with Gasteiger partial charge in [-0.05, 0) is 30.5 Å². The molecule has 0 aliphatic rings. The number of amides is 2. The summed E-state index contributed by atoms with van der Waals surface area (Å²) in [5.41, 5.74) is 3.79. The molecule has 26 heavy (non-hydrogen) atoms. The maximum absolute atomic E-state index is 12.6. The van der Waals surface area contributed by atoms with Crippen molar-refractivity contribution in [2.45, 2.75) is 33.7 Å². The van der Waals surface area contributed by atoms with Crippen LogP contribution in [0.1, 0.15) is 30.5 Å². The van der Waals surface area contributed by atoms with Gasteiger partial charge in [0.05, 0.1) is 7.11 Å². The number of nitrogens with one attached hydrogen (secondary N) is 1. The number of hydrogen-bond acceptors (Lipinski definition) is 3. The molecular weight excluding hydrogens is 328 g/mol. The van der Waals surface area contributed by atoms with Crippen molar-refractivity contribution in [1.82, 2.24) is 4.90 Å². The quantitative estimate of drug-likeness (QED) is 0.827. The lowest BCUT2D eigenvalue weighted by Crippen LogP contribution is -2.36. The Morgan fingerprint density at radius 1 is 1.08 bits per heavy atom. The number of benzene rings is 2. The van der Waals surface area contributed by atoms with Crippen molar-refractivity contribution in [3.8, 4) is 5.75 Å². The van der Waals surface area contributed by atoms with Crippen LogP contribution in [0.25, 0.3) is 0 Å². The first kappa shape index (κ1) is 19.5. The molecule has 5 nitrogen and oxygen atoms in total. The normalized spacial score (nSPS) is 10.3. The molecule has 0 aliphatic heterocycles. The van der Waals surface area contributed by atoms with E-state index in [2.05, 4.69) is 5.32 Å². The molecule has 5 heteroatoms. The molecule has 0 fully saturated rings. The van der Waals surface area contributed by atoms with E-state index in [9.17, 15) is 9.59 Å². The van der Waals surface area contributed by atoms with E-state index in [4.69, 9.17) is 4.74 Å². The third kappa shape index (κ3) is 4.85. The van der Waals surface area contributed by atoms with Crippen LogP contribution in [0.3, 0.4) is 0 Å². The van der Waals surface area contributed by atoms with Crippen molar-refractivity contribution in [2.24, 2.45) is 0 Å². The van der Waals surface area contributed by atoms with Gasteiger partial charge in [0.15, 0.2) is 0 Å². The number of anilines is 1. The van der Waals surface area contributed by atoms with Crippen LogP contribution in [0.4, 0.5) is 5.69 Å². The second-order valence-electron chi connectivity index (χ2n) is 6.20. The fourth-order valence-electron chi connectivity index (χ4n) is 2.87. The molecule has 1 N–H and O–H groups in total. The predicted octanol–water partition coefficient (Wildman–Crippen LogP) is 3.55. The summed E-state index contributed by atoms with van der Waals surface area (Å²) in [5, 5.41) is 2.97. The fraction of sp³-hybridized carbons (Fsp3) is 0.333. The highest BCUT2D eigenvalue weighted by molar-refractivity contribution is 5.95. The summed E-state index contributed by atoms with van der Waals surface area (Å²) in [6, 6.07) is 13.4. The number of carbonyl (C=O) groups is 2. The van der Waals surface area contributed by atoms with Gasteiger partial charge in [0.1, 0.15) is 12.3 Å². The molecule has 0 saturated heterocycles. The van der Waals surface area contributed by atoms with E-state index in [-0.39, 0.29) is 18.4 Å². The van der Waals surface area contributed by atoms with Gasteiger partial charge in [0.25, 0.3) is 0 Å². The van der Waals surface area contributed by atoms with Crippen LogP contribution < -0.4 is 10.1 Å². The van der Waals surface area contributed by atoms with Gasteiger partial charge < -0.3 is 15.0 Å². The minimum absolute atomic E-state index is 0.00906. The summed E-state index contributed by atoms with van der Waals surface area (Å²) in [7, 11) is 1.59. The van der Waals surface area contributed by atoms with Gasteiger partial charge in [-0.1, -0.05) is 43.3 Å². The van der Waals surface area contributed by atoms with Crippen molar-refractivity contribution >= 4 is 17.5 Å². The van der Waals surface area contributed by atoms with E-state index in [1.54, 1.807) is 7.11 Å². The highest BCUT2D eigenvalue weighted by Crippen LogP contribution is 2.22. The lowest BCUT2D eigenvalue weighted by Gasteiger charge is -2.22. The van der Waals surface area contributed by atoms with E-state index >= 15 is 0 Å². The molecule has 0 aliphatic carbocycles. The zero-order chi connectivity index (χ0) is 19.1. The molecule has 0 atom stereocenters. The number of ether oxygens (including phenoxy) is 1. The smallest absolute Gasteiger partial charge is 0.244 e. The van der Waals surface area contributed by atoms with E-state index in [1.165, 1.54) is 11.8 Å². The second-order valence-corrected chi connectivity index (χ2v) is 6.20. The Hall–Kier alpha value is -2.82. The average molecular weight is 354 g/mol. The summed E-state index contributed by atoms with van der Waals surface area (Å²) in [6.07, 6.45) is 0.828. The molecule has 0 aromatic heterocycles. The molecule has 0 bridgehead atoms. The zero-order valence-corrected chi connectivity index (χ0v) is 15.8. The minimum Gasteiger partial charge on any atom is -0.496 e. The molecule has 2 amide bonds. The highest BCUT2D eigenvalue weighted by atomic mass is 16.5. The highest BCUT2D eigenvalue weighted by Gasteiger charge is 2.17. The molecule has 2 aromatic rings. The second kappa shape index (κ2) is 9.04. The van der Waals surface area contributed by atoms with Gasteiger partial charge in [-0.25, -0.2) is 0 Å². The van der Waals surface area contributed by atoms with Crippen molar-refractivity contribution in [1.29, 1.82) is 0 Å². The number of para-hydroxylation sites is 2. The Balaban J connectivity index is 2.13. The molecule has 0 saturated carbocycles.